The van der Waals surface area contributed by atoms with Crippen molar-refractivity contribution in [1.29, 1.82) is 0 Å². The maximum absolute atomic E-state index is 13.3. The van der Waals surface area contributed by atoms with Gasteiger partial charge in [-0.15, -0.1) is 0 Å². The standard InChI is InChI=1S/C11H14FNO2S/c12-10-3-1-2-4-11(10)16(14,15)8-7-13-9-5-6-9/h1-4,9,13H,5-8H2. The summed E-state index contributed by atoms with van der Waals surface area (Å²) in [5, 5.41) is 3.10. The molecule has 0 aromatic heterocycles. The quantitative estimate of drug-likeness (QED) is 0.849. The van der Waals surface area contributed by atoms with Crippen LogP contribution in [0.15, 0.2) is 29.2 Å². The van der Waals surface area contributed by atoms with Crippen molar-refractivity contribution in [3.05, 3.63) is 30.1 Å². The molecule has 0 unspecified atom stereocenters. The van der Waals surface area contributed by atoms with E-state index in [2.05, 4.69) is 5.32 Å². The summed E-state index contributed by atoms with van der Waals surface area (Å²) in [7, 11) is -3.50. The normalized spacial score (nSPS) is 16.3. The Balaban J connectivity index is 2.03. The Bertz CT molecular complexity index is 469. The fourth-order valence-electron chi connectivity index (χ4n) is 1.49. The molecule has 5 heteroatoms. The molecule has 0 bridgehead atoms. The highest BCUT2D eigenvalue weighted by Gasteiger charge is 2.22. The van der Waals surface area contributed by atoms with Gasteiger partial charge in [0.25, 0.3) is 0 Å². The Morgan fingerprint density at radius 3 is 2.62 bits per heavy atom. The summed E-state index contributed by atoms with van der Waals surface area (Å²) in [5.74, 6) is -0.723. The summed E-state index contributed by atoms with van der Waals surface area (Å²) >= 11 is 0. The van der Waals surface area contributed by atoms with Crippen LogP contribution in [0.1, 0.15) is 12.8 Å². The van der Waals surface area contributed by atoms with E-state index < -0.39 is 15.7 Å². The second-order valence-electron chi connectivity index (χ2n) is 3.98. The summed E-state index contributed by atoms with van der Waals surface area (Å²) in [6.45, 7) is 0.390. The van der Waals surface area contributed by atoms with Crippen molar-refractivity contribution in [3.63, 3.8) is 0 Å². The van der Waals surface area contributed by atoms with Crippen LogP contribution < -0.4 is 5.32 Å². The third kappa shape index (κ3) is 2.80. The van der Waals surface area contributed by atoms with Crippen LogP contribution in [0.5, 0.6) is 0 Å². The molecular formula is C11H14FNO2S. The summed E-state index contributed by atoms with van der Waals surface area (Å²) < 4.78 is 36.8. The molecule has 1 fully saturated rings. The number of nitrogens with one attached hydrogen (secondary N) is 1. The number of hydrogen-bond acceptors (Lipinski definition) is 3. The van der Waals surface area contributed by atoms with Crippen molar-refractivity contribution in [3.8, 4) is 0 Å². The smallest absolute Gasteiger partial charge is 0.182 e. The van der Waals surface area contributed by atoms with E-state index in [-0.39, 0.29) is 10.6 Å². The first-order valence-electron chi connectivity index (χ1n) is 5.30. The van der Waals surface area contributed by atoms with Crippen molar-refractivity contribution < 1.29 is 12.8 Å². The zero-order chi connectivity index (χ0) is 11.6. The van der Waals surface area contributed by atoms with Crippen LogP contribution in [-0.4, -0.2) is 26.8 Å². The maximum atomic E-state index is 13.3. The Labute approximate surface area is 94.6 Å². The molecule has 1 N–H and O–H groups in total. The first kappa shape index (κ1) is 11.5. The van der Waals surface area contributed by atoms with Gasteiger partial charge in [-0.05, 0) is 25.0 Å². The predicted molar refractivity (Wildman–Crippen MR) is 59.5 cm³/mol. The minimum absolute atomic E-state index is 0.0512. The fourth-order valence-corrected chi connectivity index (χ4v) is 2.75. The summed E-state index contributed by atoms with van der Waals surface area (Å²) in [4.78, 5) is -0.201. The van der Waals surface area contributed by atoms with E-state index in [9.17, 15) is 12.8 Å². The molecule has 1 aliphatic carbocycles. The lowest BCUT2D eigenvalue weighted by atomic mass is 10.3. The minimum Gasteiger partial charge on any atom is -0.313 e. The van der Waals surface area contributed by atoms with Crippen LogP contribution in [0.25, 0.3) is 0 Å². The van der Waals surface area contributed by atoms with Crippen LogP contribution in [0.4, 0.5) is 4.39 Å². The van der Waals surface area contributed by atoms with Crippen molar-refractivity contribution >= 4 is 9.84 Å². The molecule has 2 rings (SSSR count). The number of sulfone groups is 1. The monoisotopic (exact) mass is 243 g/mol. The van der Waals surface area contributed by atoms with Gasteiger partial charge in [0, 0.05) is 12.6 Å². The second-order valence-corrected chi connectivity index (χ2v) is 6.06. The molecule has 1 aromatic carbocycles. The molecule has 1 aromatic rings. The average Bonchev–Trinajstić information content (AvgIpc) is 3.02. The van der Waals surface area contributed by atoms with Gasteiger partial charge in [-0.2, -0.15) is 0 Å². The molecule has 16 heavy (non-hydrogen) atoms. The summed E-state index contributed by atoms with van der Waals surface area (Å²) in [5.41, 5.74) is 0. The molecule has 3 nitrogen and oxygen atoms in total. The van der Waals surface area contributed by atoms with Crippen LogP contribution in [0.2, 0.25) is 0 Å². The third-order valence-electron chi connectivity index (χ3n) is 2.55. The Morgan fingerprint density at radius 1 is 1.31 bits per heavy atom. The van der Waals surface area contributed by atoms with E-state index >= 15 is 0 Å². The molecule has 1 saturated carbocycles. The molecule has 0 saturated heterocycles. The van der Waals surface area contributed by atoms with E-state index in [1.54, 1.807) is 0 Å². The zero-order valence-corrected chi connectivity index (χ0v) is 9.63. The van der Waals surface area contributed by atoms with Gasteiger partial charge in [0.15, 0.2) is 9.84 Å². The van der Waals surface area contributed by atoms with Gasteiger partial charge in [0.05, 0.1) is 5.75 Å². The molecule has 0 amide bonds. The maximum Gasteiger partial charge on any atom is 0.182 e. The molecule has 0 radical (unpaired) electrons. The van der Waals surface area contributed by atoms with E-state index in [1.165, 1.54) is 24.3 Å². The van der Waals surface area contributed by atoms with Crippen LogP contribution in [-0.2, 0) is 9.84 Å². The summed E-state index contributed by atoms with van der Waals surface area (Å²) in [6.07, 6.45) is 2.22. The van der Waals surface area contributed by atoms with Gasteiger partial charge in [-0.25, -0.2) is 12.8 Å². The molecule has 0 atom stereocenters. The average molecular weight is 243 g/mol. The lowest BCUT2D eigenvalue weighted by Crippen LogP contribution is -2.25. The molecule has 0 spiro atoms. The highest BCUT2D eigenvalue weighted by atomic mass is 32.2. The fraction of sp³-hybridized carbons (Fsp3) is 0.455. The van der Waals surface area contributed by atoms with Gasteiger partial charge >= 0.3 is 0 Å². The number of rotatable bonds is 5. The van der Waals surface area contributed by atoms with E-state index in [4.69, 9.17) is 0 Å². The van der Waals surface area contributed by atoms with E-state index in [1.807, 2.05) is 0 Å². The van der Waals surface area contributed by atoms with Gasteiger partial charge in [-0.3, -0.25) is 0 Å². The van der Waals surface area contributed by atoms with Crippen molar-refractivity contribution in [2.75, 3.05) is 12.3 Å². The van der Waals surface area contributed by atoms with Crippen molar-refractivity contribution in [2.45, 2.75) is 23.8 Å². The van der Waals surface area contributed by atoms with Gasteiger partial charge < -0.3 is 5.32 Å². The van der Waals surface area contributed by atoms with Crippen LogP contribution in [0.3, 0.4) is 0 Å². The molecule has 0 aliphatic heterocycles. The first-order chi connectivity index (χ1) is 7.59. The molecule has 88 valence electrons. The van der Waals surface area contributed by atoms with Crippen LogP contribution in [0, 0.1) is 5.82 Å². The van der Waals surface area contributed by atoms with Gasteiger partial charge in [0.1, 0.15) is 10.7 Å². The number of hydrogen-bond donors (Lipinski definition) is 1. The zero-order valence-electron chi connectivity index (χ0n) is 8.82. The minimum atomic E-state index is -3.50. The largest absolute Gasteiger partial charge is 0.313 e. The lowest BCUT2D eigenvalue weighted by molar-refractivity contribution is 0.564. The van der Waals surface area contributed by atoms with Crippen molar-refractivity contribution in [1.82, 2.24) is 5.32 Å². The van der Waals surface area contributed by atoms with Gasteiger partial charge in [0.2, 0.25) is 0 Å². The number of benzene rings is 1. The highest BCUT2D eigenvalue weighted by molar-refractivity contribution is 7.91. The van der Waals surface area contributed by atoms with E-state index in [0.29, 0.717) is 12.6 Å². The lowest BCUT2D eigenvalue weighted by Gasteiger charge is -2.06. The third-order valence-corrected chi connectivity index (χ3v) is 4.30. The van der Waals surface area contributed by atoms with Gasteiger partial charge in [-0.1, -0.05) is 12.1 Å². The Hall–Kier alpha value is -0.940. The molecule has 0 heterocycles. The Kier molecular flexibility index (Phi) is 3.25. The highest BCUT2D eigenvalue weighted by Crippen LogP contribution is 2.19. The van der Waals surface area contributed by atoms with Crippen LogP contribution >= 0.6 is 0 Å². The first-order valence-corrected chi connectivity index (χ1v) is 6.95. The Morgan fingerprint density at radius 2 is 2.00 bits per heavy atom. The number of halogens is 1. The molecule has 1 aliphatic rings. The predicted octanol–water partition coefficient (Wildman–Crippen LogP) is 1.35. The second kappa shape index (κ2) is 4.51. The summed E-state index contributed by atoms with van der Waals surface area (Å²) in [6, 6.07) is 5.96. The van der Waals surface area contributed by atoms with Crippen molar-refractivity contribution in [2.24, 2.45) is 0 Å². The molecular weight excluding hydrogens is 229 g/mol. The van der Waals surface area contributed by atoms with E-state index in [0.717, 1.165) is 12.8 Å². The SMILES string of the molecule is O=S(=O)(CCNC1CC1)c1ccccc1F. The topological polar surface area (TPSA) is 46.2 Å².